The topological polar surface area (TPSA) is 37.4 Å². The second kappa shape index (κ2) is 5.16. The Morgan fingerprint density at radius 1 is 1.41 bits per heavy atom. The number of imide groups is 1. The highest BCUT2D eigenvalue weighted by Gasteiger charge is 2.33. The second-order valence-corrected chi connectivity index (χ2v) is 5.54. The fourth-order valence-corrected chi connectivity index (χ4v) is 2.36. The summed E-state index contributed by atoms with van der Waals surface area (Å²) in [5, 5.41) is 0. The standard InChI is InChI=1S/C13H14INO2/c1-2-9-7-12(16)15(8-9)13(17)10-3-5-11(14)6-4-10/h3-6,9H,2,7-8H2,1H3. The molecule has 2 amide bonds. The summed E-state index contributed by atoms with van der Waals surface area (Å²) in [4.78, 5) is 25.2. The Morgan fingerprint density at radius 2 is 2.06 bits per heavy atom. The van der Waals surface area contributed by atoms with Crippen molar-refractivity contribution in [2.45, 2.75) is 19.8 Å². The number of amides is 2. The van der Waals surface area contributed by atoms with Gasteiger partial charge in [-0.1, -0.05) is 13.3 Å². The first-order chi connectivity index (χ1) is 8.11. The molecule has 1 saturated heterocycles. The maximum atomic E-state index is 12.1. The summed E-state index contributed by atoms with van der Waals surface area (Å²) in [6.45, 7) is 2.62. The van der Waals surface area contributed by atoms with Gasteiger partial charge in [-0.3, -0.25) is 14.5 Å². The van der Waals surface area contributed by atoms with Gasteiger partial charge in [-0.05, 0) is 52.8 Å². The maximum absolute atomic E-state index is 12.1. The first-order valence-corrected chi connectivity index (χ1v) is 6.80. The Labute approximate surface area is 114 Å². The van der Waals surface area contributed by atoms with Crippen molar-refractivity contribution in [1.82, 2.24) is 4.90 Å². The number of benzene rings is 1. The normalized spacial score (nSPS) is 19.8. The van der Waals surface area contributed by atoms with Crippen molar-refractivity contribution in [3.05, 3.63) is 33.4 Å². The SMILES string of the molecule is CCC1CC(=O)N(C(=O)c2ccc(I)cc2)C1. The molecule has 4 heteroatoms. The van der Waals surface area contributed by atoms with Crippen LogP contribution in [0.5, 0.6) is 0 Å². The third-order valence-electron chi connectivity index (χ3n) is 3.12. The summed E-state index contributed by atoms with van der Waals surface area (Å²) < 4.78 is 1.08. The third kappa shape index (κ3) is 2.68. The molecule has 0 radical (unpaired) electrons. The van der Waals surface area contributed by atoms with Gasteiger partial charge in [-0.15, -0.1) is 0 Å². The lowest BCUT2D eigenvalue weighted by molar-refractivity contribution is -0.125. The molecule has 0 aromatic heterocycles. The molecule has 1 aromatic carbocycles. The quantitative estimate of drug-likeness (QED) is 0.612. The van der Waals surface area contributed by atoms with E-state index < -0.39 is 0 Å². The van der Waals surface area contributed by atoms with Gasteiger partial charge in [0, 0.05) is 22.1 Å². The molecule has 1 atom stereocenters. The molecule has 1 fully saturated rings. The lowest BCUT2D eigenvalue weighted by atomic mass is 10.1. The second-order valence-electron chi connectivity index (χ2n) is 4.29. The molecule has 1 unspecified atom stereocenters. The van der Waals surface area contributed by atoms with Crippen LogP contribution < -0.4 is 0 Å². The molecule has 1 heterocycles. The summed E-state index contributed by atoms with van der Waals surface area (Å²) in [5.41, 5.74) is 0.593. The van der Waals surface area contributed by atoms with Crippen molar-refractivity contribution in [2.24, 2.45) is 5.92 Å². The Bertz CT molecular complexity index is 441. The highest BCUT2D eigenvalue weighted by Crippen LogP contribution is 2.22. The monoisotopic (exact) mass is 343 g/mol. The zero-order valence-corrected chi connectivity index (χ0v) is 11.8. The van der Waals surface area contributed by atoms with E-state index in [0.717, 1.165) is 9.99 Å². The van der Waals surface area contributed by atoms with Crippen LogP contribution in [-0.4, -0.2) is 23.3 Å². The van der Waals surface area contributed by atoms with Crippen molar-refractivity contribution >= 4 is 34.4 Å². The van der Waals surface area contributed by atoms with Crippen molar-refractivity contribution in [2.75, 3.05) is 6.54 Å². The number of carbonyl (C=O) groups excluding carboxylic acids is 2. The van der Waals surface area contributed by atoms with E-state index in [0.29, 0.717) is 24.4 Å². The maximum Gasteiger partial charge on any atom is 0.260 e. The minimum atomic E-state index is -0.164. The predicted octanol–water partition coefficient (Wildman–Crippen LogP) is 2.69. The summed E-state index contributed by atoms with van der Waals surface area (Å²) >= 11 is 2.19. The van der Waals surface area contributed by atoms with Crippen LogP contribution in [0.3, 0.4) is 0 Å². The predicted molar refractivity (Wildman–Crippen MR) is 73.6 cm³/mol. The molecule has 90 valence electrons. The van der Waals surface area contributed by atoms with Gasteiger partial charge in [-0.2, -0.15) is 0 Å². The number of hydrogen-bond acceptors (Lipinski definition) is 2. The highest BCUT2D eigenvalue weighted by molar-refractivity contribution is 14.1. The van der Waals surface area contributed by atoms with Crippen molar-refractivity contribution in [1.29, 1.82) is 0 Å². The van der Waals surface area contributed by atoms with Crippen molar-refractivity contribution < 1.29 is 9.59 Å². The molecule has 0 saturated carbocycles. The van der Waals surface area contributed by atoms with Gasteiger partial charge in [0.05, 0.1) is 0 Å². The molecule has 3 nitrogen and oxygen atoms in total. The van der Waals surface area contributed by atoms with E-state index in [2.05, 4.69) is 29.5 Å². The Kier molecular flexibility index (Phi) is 3.81. The zero-order valence-electron chi connectivity index (χ0n) is 9.65. The lowest BCUT2D eigenvalue weighted by Crippen LogP contribution is -2.32. The molecular formula is C13H14INO2. The number of likely N-dealkylation sites (tertiary alicyclic amines) is 1. The van der Waals surface area contributed by atoms with Crippen molar-refractivity contribution in [3.63, 3.8) is 0 Å². The fraction of sp³-hybridized carbons (Fsp3) is 0.385. The smallest absolute Gasteiger partial charge is 0.260 e. The van der Waals surface area contributed by atoms with E-state index in [4.69, 9.17) is 0 Å². The van der Waals surface area contributed by atoms with E-state index in [1.165, 1.54) is 4.90 Å². The minimum absolute atomic E-state index is 0.0413. The number of hydrogen-bond donors (Lipinski definition) is 0. The molecule has 17 heavy (non-hydrogen) atoms. The lowest BCUT2D eigenvalue weighted by Gasteiger charge is -2.14. The van der Waals surface area contributed by atoms with Gasteiger partial charge >= 0.3 is 0 Å². The molecular weight excluding hydrogens is 329 g/mol. The average Bonchev–Trinajstić information content (AvgIpc) is 2.71. The summed E-state index contributed by atoms with van der Waals surface area (Å²) in [6, 6.07) is 7.31. The largest absolute Gasteiger partial charge is 0.278 e. The molecule has 0 aliphatic carbocycles. The first-order valence-electron chi connectivity index (χ1n) is 5.72. The van der Waals surface area contributed by atoms with Crippen LogP contribution in [0.2, 0.25) is 0 Å². The summed E-state index contributed by atoms with van der Waals surface area (Å²) in [7, 11) is 0. The van der Waals surface area contributed by atoms with Gasteiger partial charge < -0.3 is 0 Å². The number of halogens is 1. The molecule has 2 rings (SSSR count). The van der Waals surface area contributed by atoms with Gasteiger partial charge in [-0.25, -0.2) is 0 Å². The molecule has 1 aromatic rings. The van der Waals surface area contributed by atoms with Crippen LogP contribution in [0.1, 0.15) is 30.1 Å². The number of rotatable bonds is 2. The Balaban J connectivity index is 2.15. The molecule has 0 N–H and O–H groups in total. The van der Waals surface area contributed by atoms with E-state index in [9.17, 15) is 9.59 Å². The Morgan fingerprint density at radius 3 is 2.59 bits per heavy atom. The van der Waals surface area contributed by atoms with Gasteiger partial charge in [0.15, 0.2) is 0 Å². The Hall–Kier alpha value is -0.910. The van der Waals surface area contributed by atoms with E-state index in [1.54, 1.807) is 12.1 Å². The summed E-state index contributed by atoms with van der Waals surface area (Å²) in [6.07, 6.45) is 1.45. The van der Waals surface area contributed by atoms with Gasteiger partial charge in [0.2, 0.25) is 5.91 Å². The molecule has 1 aliphatic heterocycles. The van der Waals surface area contributed by atoms with Crippen LogP contribution >= 0.6 is 22.6 Å². The zero-order chi connectivity index (χ0) is 12.4. The fourth-order valence-electron chi connectivity index (χ4n) is 2.00. The number of carbonyl (C=O) groups is 2. The molecule has 0 bridgehead atoms. The molecule has 1 aliphatic rings. The average molecular weight is 343 g/mol. The van der Waals surface area contributed by atoms with Crippen LogP contribution in [0.4, 0.5) is 0 Å². The van der Waals surface area contributed by atoms with E-state index in [-0.39, 0.29) is 11.8 Å². The molecule has 0 spiro atoms. The number of nitrogens with zero attached hydrogens (tertiary/aromatic N) is 1. The van der Waals surface area contributed by atoms with E-state index in [1.807, 2.05) is 12.1 Å². The first kappa shape index (κ1) is 12.5. The van der Waals surface area contributed by atoms with Crippen LogP contribution in [-0.2, 0) is 4.79 Å². The van der Waals surface area contributed by atoms with Crippen molar-refractivity contribution in [3.8, 4) is 0 Å². The minimum Gasteiger partial charge on any atom is -0.278 e. The highest BCUT2D eigenvalue weighted by atomic mass is 127. The van der Waals surface area contributed by atoms with Gasteiger partial charge in [0.25, 0.3) is 5.91 Å². The summed E-state index contributed by atoms with van der Waals surface area (Å²) in [5.74, 6) is 0.123. The van der Waals surface area contributed by atoms with E-state index >= 15 is 0 Å². The van der Waals surface area contributed by atoms with Crippen LogP contribution in [0, 0.1) is 9.49 Å². The van der Waals surface area contributed by atoms with Gasteiger partial charge in [0.1, 0.15) is 0 Å². The van der Waals surface area contributed by atoms with Crippen LogP contribution in [0.15, 0.2) is 24.3 Å². The third-order valence-corrected chi connectivity index (χ3v) is 3.84. The van der Waals surface area contributed by atoms with Crippen LogP contribution in [0.25, 0.3) is 0 Å².